The molecule has 0 spiro atoms. The normalized spacial score (nSPS) is 15.3. The zero-order valence-corrected chi connectivity index (χ0v) is 11.5. The summed E-state index contributed by atoms with van der Waals surface area (Å²) in [6.07, 6.45) is 4.14. The second kappa shape index (κ2) is 6.47. The molecule has 0 bridgehead atoms. The largest absolute Gasteiger partial charge is 0.467 e. The van der Waals surface area contributed by atoms with E-state index in [0.717, 1.165) is 32.1 Å². The Labute approximate surface area is 120 Å². The van der Waals surface area contributed by atoms with Crippen LogP contribution in [0.4, 0.5) is 8.78 Å². The Hall–Kier alpha value is -2.24. The molecular formula is C15H15F2NO3. The topological polar surface area (TPSA) is 55.4 Å². The molecule has 1 aromatic carbocycles. The Bertz CT molecular complexity index is 599. The molecule has 0 radical (unpaired) electrons. The molecule has 6 heteroatoms. The first-order valence-corrected chi connectivity index (χ1v) is 6.55. The zero-order chi connectivity index (χ0) is 15.4. The van der Waals surface area contributed by atoms with Crippen LogP contribution in [-0.2, 0) is 14.3 Å². The lowest BCUT2D eigenvalue weighted by Crippen LogP contribution is -2.35. The molecular weight excluding hydrogens is 280 g/mol. The smallest absolute Gasteiger partial charge is 0.333 e. The average Bonchev–Trinajstić information content (AvgIpc) is 3.01. The van der Waals surface area contributed by atoms with E-state index in [1.807, 2.05) is 0 Å². The summed E-state index contributed by atoms with van der Waals surface area (Å²) in [4.78, 5) is 23.8. The van der Waals surface area contributed by atoms with Gasteiger partial charge in [-0.25, -0.2) is 13.6 Å². The molecule has 0 aliphatic heterocycles. The van der Waals surface area contributed by atoms with Gasteiger partial charge in [0.25, 0.3) is 0 Å². The molecule has 1 aromatic rings. The van der Waals surface area contributed by atoms with Crippen LogP contribution >= 0.6 is 0 Å². The minimum Gasteiger partial charge on any atom is -0.467 e. The fourth-order valence-electron chi connectivity index (χ4n) is 2.19. The molecule has 0 fully saturated rings. The third-order valence-corrected chi connectivity index (χ3v) is 3.32. The molecule has 2 rings (SSSR count). The van der Waals surface area contributed by atoms with Gasteiger partial charge in [0.15, 0.2) is 17.7 Å². The van der Waals surface area contributed by atoms with E-state index in [9.17, 15) is 18.4 Å². The maximum atomic E-state index is 13.3. The molecule has 21 heavy (non-hydrogen) atoms. The van der Waals surface area contributed by atoms with Crippen molar-refractivity contribution in [3.05, 3.63) is 47.0 Å². The lowest BCUT2D eigenvalue weighted by Gasteiger charge is -2.17. The summed E-state index contributed by atoms with van der Waals surface area (Å²) in [5.41, 5.74) is 0.721. The van der Waals surface area contributed by atoms with E-state index in [0.29, 0.717) is 12.0 Å². The number of carbonyl (C=O) groups excluding carboxylic acids is 2. The second-order valence-corrected chi connectivity index (χ2v) is 4.72. The van der Waals surface area contributed by atoms with E-state index >= 15 is 0 Å². The van der Waals surface area contributed by atoms with Crippen LogP contribution in [0.3, 0.4) is 0 Å². The van der Waals surface area contributed by atoms with Crippen molar-refractivity contribution in [2.75, 3.05) is 7.11 Å². The van der Waals surface area contributed by atoms with Crippen LogP contribution in [0.1, 0.15) is 30.9 Å². The van der Waals surface area contributed by atoms with Gasteiger partial charge >= 0.3 is 5.97 Å². The summed E-state index contributed by atoms with van der Waals surface area (Å²) in [7, 11) is 1.16. The minimum absolute atomic E-state index is 0.132. The van der Waals surface area contributed by atoms with E-state index in [1.165, 1.54) is 6.07 Å². The molecule has 1 aliphatic rings. The maximum Gasteiger partial charge on any atom is 0.333 e. The number of ether oxygens (including phenoxy) is 1. The van der Waals surface area contributed by atoms with Crippen LogP contribution in [0, 0.1) is 11.6 Å². The van der Waals surface area contributed by atoms with Crippen LogP contribution in [0.25, 0.3) is 0 Å². The molecule has 0 saturated heterocycles. The van der Waals surface area contributed by atoms with Crippen molar-refractivity contribution in [1.82, 2.24) is 5.32 Å². The number of hydrogen-bond acceptors (Lipinski definition) is 3. The highest BCUT2D eigenvalue weighted by Gasteiger charge is 2.26. The molecule has 0 aromatic heterocycles. The van der Waals surface area contributed by atoms with Gasteiger partial charge in [-0.3, -0.25) is 4.79 Å². The standard InChI is InChI=1S/C15H15F2NO3/c1-21-15(20)13(10-6-7-11(16)12(17)8-10)18-14(19)9-4-2-3-5-9/h4,6-8,13H,2-3,5H2,1H3,(H,18,19)/t13-/m0/s1. The van der Waals surface area contributed by atoms with E-state index in [4.69, 9.17) is 0 Å². The van der Waals surface area contributed by atoms with Crippen LogP contribution in [0.15, 0.2) is 29.8 Å². The Morgan fingerprint density at radius 3 is 2.62 bits per heavy atom. The number of amides is 1. The van der Waals surface area contributed by atoms with Gasteiger partial charge in [-0.1, -0.05) is 12.1 Å². The summed E-state index contributed by atoms with van der Waals surface area (Å²) in [5, 5.41) is 2.50. The highest BCUT2D eigenvalue weighted by atomic mass is 19.2. The molecule has 0 unspecified atom stereocenters. The summed E-state index contributed by atoms with van der Waals surface area (Å²) in [6.45, 7) is 0. The quantitative estimate of drug-likeness (QED) is 0.868. The molecule has 4 nitrogen and oxygen atoms in total. The number of allylic oxidation sites excluding steroid dienone is 1. The highest BCUT2D eigenvalue weighted by Crippen LogP contribution is 2.21. The van der Waals surface area contributed by atoms with Crippen molar-refractivity contribution >= 4 is 11.9 Å². The number of halogens is 2. The van der Waals surface area contributed by atoms with Crippen molar-refractivity contribution in [2.24, 2.45) is 0 Å². The van der Waals surface area contributed by atoms with Gasteiger partial charge in [-0.05, 0) is 37.0 Å². The van der Waals surface area contributed by atoms with Crippen molar-refractivity contribution in [1.29, 1.82) is 0 Å². The molecule has 0 heterocycles. The summed E-state index contributed by atoms with van der Waals surface area (Å²) >= 11 is 0. The van der Waals surface area contributed by atoms with Crippen molar-refractivity contribution in [2.45, 2.75) is 25.3 Å². The second-order valence-electron chi connectivity index (χ2n) is 4.72. The third kappa shape index (κ3) is 3.45. The molecule has 112 valence electrons. The van der Waals surface area contributed by atoms with Gasteiger partial charge < -0.3 is 10.1 Å². The Kier molecular flexibility index (Phi) is 4.67. The fourth-order valence-corrected chi connectivity index (χ4v) is 2.19. The van der Waals surface area contributed by atoms with Crippen molar-refractivity contribution in [3.8, 4) is 0 Å². The van der Waals surface area contributed by atoms with E-state index < -0.39 is 29.6 Å². The Morgan fingerprint density at radius 1 is 1.29 bits per heavy atom. The number of esters is 1. The number of carbonyl (C=O) groups is 2. The number of rotatable bonds is 4. The van der Waals surface area contributed by atoms with Gasteiger partial charge in [-0.2, -0.15) is 0 Å². The summed E-state index contributed by atoms with van der Waals surface area (Å²) in [5.74, 6) is -3.25. The minimum atomic E-state index is -1.17. The van der Waals surface area contributed by atoms with Gasteiger partial charge in [0.1, 0.15) is 0 Å². The first kappa shape index (κ1) is 15.2. The molecule has 0 saturated carbocycles. The highest BCUT2D eigenvalue weighted by molar-refractivity contribution is 5.96. The monoisotopic (exact) mass is 295 g/mol. The third-order valence-electron chi connectivity index (χ3n) is 3.32. The molecule has 1 atom stereocenters. The van der Waals surface area contributed by atoms with Crippen LogP contribution in [-0.4, -0.2) is 19.0 Å². The molecule has 1 N–H and O–H groups in total. The van der Waals surface area contributed by atoms with Gasteiger partial charge in [-0.15, -0.1) is 0 Å². The predicted octanol–water partition coefficient (Wildman–Crippen LogP) is 2.41. The summed E-state index contributed by atoms with van der Waals surface area (Å²) < 4.78 is 30.9. The molecule has 1 aliphatic carbocycles. The average molecular weight is 295 g/mol. The first-order valence-electron chi connectivity index (χ1n) is 6.55. The van der Waals surface area contributed by atoms with Crippen LogP contribution < -0.4 is 5.32 Å². The van der Waals surface area contributed by atoms with Crippen LogP contribution in [0.2, 0.25) is 0 Å². The zero-order valence-electron chi connectivity index (χ0n) is 11.5. The van der Waals surface area contributed by atoms with Crippen molar-refractivity contribution in [3.63, 3.8) is 0 Å². The number of methoxy groups -OCH3 is 1. The van der Waals surface area contributed by atoms with Gasteiger partial charge in [0, 0.05) is 5.57 Å². The lowest BCUT2D eigenvalue weighted by atomic mass is 10.1. The fraction of sp³-hybridized carbons (Fsp3) is 0.333. The Morgan fingerprint density at radius 2 is 2.05 bits per heavy atom. The van der Waals surface area contributed by atoms with Gasteiger partial charge in [0.2, 0.25) is 5.91 Å². The SMILES string of the molecule is COC(=O)[C@@H](NC(=O)C1=CCCC1)c1ccc(F)c(F)c1. The van der Waals surface area contributed by atoms with E-state index in [1.54, 1.807) is 6.08 Å². The molecule has 1 amide bonds. The lowest BCUT2D eigenvalue weighted by molar-refractivity contribution is -0.144. The number of benzene rings is 1. The first-order chi connectivity index (χ1) is 10.0. The summed E-state index contributed by atoms with van der Waals surface area (Å²) in [6, 6.07) is 1.85. The Balaban J connectivity index is 2.23. The maximum absolute atomic E-state index is 13.3. The number of hydrogen-bond donors (Lipinski definition) is 1. The predicted molar refractivity (Wildman–Crippen MR) is 71.2 cm³/mol. The van der Waals surface area contributed by atoms with Crippen LogP contribution in [0.5, 0.6) is 0 Å². The van der Waals surface area contributed by atoms with Crippen molar-refractivity contribution < 1.29 is 23.1 Å². The van der Waals surface area contributed by atoms with E-state index in [2.05, 4.69) is 10.1 Å². The van der Waals surface area contributed by atoms with Gasteiger partial charge in [0.05, 0.1) is 7.11 Å². The number of nitrogens with one attached hydrogen (secondary N) is 1. The van der Waals surface area contributed by atoms with E-state index in [-0.39, 0.29) is 5.56 Å².